The molecule has 0 aliphatic rings. The van der Waals surface area contributed by atoms with Crippen molar-refractivity contribution in [2.45, 2.75) is 24.7 Å². The van der Waals surface area contributed by atoms with Gasteiger partial charge < -0.3 is 10.4 Å². The number of benzene rings is 1. The van der Waals surface area contributed by atoms with Gasteiger partial charge in [-0.1, -0.05) is 28.1 Å². The van der Waals surface area contributed by atoms with Crippen molar-refractivity contribution < 1.29 is 9.90 Å². The summed E-state index contributed by atoms with van der Waals surface area (Å²) >= 11 is 4.63. The second-order valence-corrected chi connectivity index (χ2v) is 5.87. The van der Waals surface area contributed by atoms with Crippen molar-refractivity contribution in [1.82, 2.24) is 5.32 Å². The largest absolute Gasteiger partial charge is 0.362 e. The molecule has 16 heavy (non-hydrogen) atoms. The molecule has 0 saturated heterocycles. The molecule has 1 amide bonds. The Labute approximate surface area is 108 Å². The van der Waals surface area contributed by atoms with Crippen molar-refractivity contribution in [3.05, 3.63) is 34.3 Å². The predicted octanol–water partition coefficient (Wildman–Crippen LogP) is 2.48. The zero-order valence-corrected chi connectivity index (χ0v) is 11.6. The molecule has 0 aromatic heterocycles. The molecule has 88 valence electrons. The molecule has 1 aromatic carbocycles. The number of carbonyl (C=O) groups is 1. The van der Waals surface area contributed by atoms with Crippen LogP contribution in [0.5, 0.6) is 0 Å². The zero-order valence-electron chi connectivity index (χ0n) is 9.16. The van der Waals surface area contributed by atoms with Crippen LogP contribution < -0.4 is 5.32 Å². The summed E-state index contributed by atoms with van der Waals surface area (Å²) < 4.78 is 1.02. The highest BCUT2D eigenvalue weighted by Crippen LogP contribution is 2.24. The van der Waals surface area contributed by atoms with Crippen molar-refractivity contribution in [3.63, 3.8) is 0 Å². The third-order valence-corrected chi connectivity index (χ3v) is 3.51. The minimum atomic E-state index is -1.22. The molecule has 0 bridgehead atoms. The van der Waals surface area contributed by atoms with Gasteiger partial charge in [0.05, 0.1) is 0 Å². The molecule has 0 aliphatic carbocycles. The molecule has 1 rings (SSSR count). The number of carbonyl (C=O) groups excluding carboxylic acids is 1. The van der Waals surface area contributed by atoms with Crippen LogP contribution >= 0.6 is 27.7 Å². The van der Waals surface area contributed by atoms with Gasteiger partial charge >= 0.3 is 0 Å². The number of hydrogen-bond acceptors (Lipinski definition) is 3. The molecule has 3 nitrogen and oxygen atoms in total. The molecule has 1 aromatic rings. The van der Waals surface area contributed by atoms with E-state index in [1.807, 2.05) is 24.3 Å². The monoisotopic (exact) mass is 303 g/mol. The second-order valence-electron chi connectivity index (χ2n) is 3.58. The normalized spacial score (nSPS) is 14.2. The van der Waals surface area contributed by atoms with E-state index in [2.05, 4.69) is 21.2 Å². The minimum absolute atomic E-state index is 0.242. The van der Waals surface area contributed by atoms with Crippen molar-refractivity contribution in [2.75, 3.05) is 0 Å². The van der Waals surface area contributed by atoms with Crippen LogP contribution in [0.25, 0.3) is 0 Å². The van der Waals surface area contributed by atoms with Crippen LogP contribution in [0.1, 0.15) is 19.4 Å². The van der Waals surface area contributed by atoms with Crippen molar-refractivity contribution in [3.8, 4) is 0 Å². The minimum Gasteiger partial charge on any atom is -0.362 e. The smallest absolute Gasteiger partial charge is 0.219 e. The SMILES string of the molecule is CC(=O)NC(C)(O)SCc1ccc(Br)cc1. The summed E-state index contributed by atoms with van der Waals surface area (Å²) in [5, 5.41) is 11.1. The van der Waals surface area contributed by atoms with Crippen LogP contribution in [0.4, 0.5) is 0 Å². The molecule has 1 atom stereocenters. The van der Waals surface area contributed by atoms with Gasteiger partial charge in [0.15, 0.2) is 5.06 Å². The molecule has 1 unspecified atom stereocenters. The molecule has 5 heteroatoms. The first-order chi connectivity index (χ1) is 7.39. The van der Waals surface area contributed by atoms with Gasteiger partial charge in [0, 0.05) is 17.1 Å². The van der Waals surface area contributed by atoms with E-state index in [1.54, 1.807) is 6.92 Å². The van der Waals surface area contributed by atoms with Crippen molar-refractivity contribution in [1.29, 1.82) is 0 Å². The standard InChI is InChI=1S/C11H14BrNO2S/c1-8(14)13-11(2,15)16-7-9-3-5-10(12)6-4-9/h3-6,15H,7H2,1-2H3,(H,13,14). The van der Waals surface area contributed by atoms with Gasteiger partial charge in [0.1, 0.15) is 0 Å². The zero-order chi connectivity index (χ0) is 12.2. The Morgan fingerprint density at radius 3 is 2.56 bits per heavy atom. The number of rotatable bonds is 4. The topological polar surface area (TPSA) is 49.3 Å². The summed E-state index contributed by atoms with van der Waals surface area (Å²) in [5.74, 6) is 0.397. The van der Waals surface area contributed by atoms with E-state index < -0.39 is 5.06 Å². The summed E-state index contributed by atoms with van der Waals surface area (Å²) in [7, 11) is 0. The Morgan fingerprint density at radius 2 is 2.06 bits per heavy atom. The fraction of sp³-hybridized carbons (Fsp3) is 0.364. The summed E-state index contributed by atoms with van der Waals surface area (Å²) in [6.07, 6.45) is 0. The van der Waals surface area contributed by atoms with Gasteiger partial charge in [-0.3, -0.25) is 4.79 Å². The number of thioether (sulfide) groups is 1. The summed E-state index contributed by atoms with van der Waals surface area (Å²) in [6.45, 7) is 2.95. The lowest BCUT2D eigenvalue weighted by atomic mass is 10.2. The van der Waals surface area contributed by atoms with Crippen LogP contribution in [0.2, 0.25) is 0 Å². The highest BCUT2D eigenvalue weighted by molar-refractivity contribution is 9.10. The predicted molar refractivity (Wildman–Crippen MR) is 69.9 cm³/mol. The lowest BCUT2D eigenvalue weighted by Crippen LogP contribution is -2.41. The third-order valence-electron chi connectivity index (χ3n) is 1.84. The maximum absolute atomic E-state index is 10.8. The van der Waals surface area contributed by atoms with E-state index in [4.69, 9.17) is 0 Å². The molecule has 0 heterocycles. The van der Waals surface area contributed by atoms with Crippen molar-refractivity contribution >= 4 is 33.6 Å². The highest BCUT2D eigenvalue weighted by atomic mass is 79.9. The van der Waals surface area contributed by atoms with Crippen LogP contribution in [0, 0.1) is 0 Å². The van der Waals surface area contributed by atoms with E-state index in [1.165, 1.54) is 18.7 Å². The Bertz CT molecular complexity index is 365. The number of hydrogen-bond donors (Lipinski definition) is 2. The summed E-state index contributed by atoms with van der Waals surface area (Å²) in [4.78, 5) is 10.8. The summed E-state index contributed by atoms with van der Waals surface area (Å²) in [5.41, 5.74) is 1.10. The number of amides is 1. The summed E-state index contributed by atoms with van der Waals surface area (Å²) in [6, 6.07) is 7.84. The van der Waals surface area contributed by atoms with Crippen molar-refractivity contribution in [2.24, 2.45) is 0 Å². The third kappa shape index (κ3) is 5.01. The van der Waals surface area contributed by atoms with Crippen LogP contribution in [0.15, 0.2) is 28.7 Å². The van der Waals surface area contributed by atoms with E-state index in [-0.39, 0.29) is 5.91 Å². The number of nitrogens with one attached hydrogen (secondary N) is 1. The Morgan fingerprint density at radius 1 is 1.50 bits per heavy atom. The number of halogens is 1. The van der Waals surface area contributed by atoms with Gasteiger partial charge in [-0.2, -0.15) is 0 Å². The fourth-order valence-electron chi connectivity index (χ4n) is 1.17. The van der Waals surface area contributed by atoms with E-state index >= 15 is 0 Å². The molecule has 0 spiro atoms. The fourth-order valence-corrected chi connectivity index (χ4v) is 2.29. The average Bonchev–Trinajstić information content (AvgIpc) is 2.15. The molecule has 0 radical (unpaired) electrons. The molecule has 0 saturated carbocycles. The first-order valence-electron chi connectivity index (χ1n) is 4.78. The maximum atomic E-state index is 10.8. The molecular weight excluding hydrogens is 290 g/mol. The maximum Gasteiger partial charge on any atom is 0.219 e. The van der Waals surface area contributed by atoms with E-state index in [9.17, 15) is 9.90 Å². The second kappa shape index (κ2) is 5.70. The quantitative estimate of drug-likeness (QED) is 0.840. The van der Waals surface area contributed by atoms with E-state index in [0.29, 0.717) is 5.75 Å². The van der Waals surface area contributed by atoms with Gasteiger partial charge in [-0.05, 0) is 24.6 Å². The Balaban J connectivity index is 2.50. The Kier molecular flexibility index (Phi) is 4.83. The molecule has 0 fully saturated rings. The van der Waals surface area contributed by atoms with Gasteiger partial charge in [0.2, 0.25) is 5.91 Å². The molecule has 2 N–H and O–H groups in total. The lowest BCUT2D eigenvalue weighted by molar-refractivity contribution is -0.122. The lowest BCUT2D eigenvalue weighted by Gasteiger charge is -2.23. The van der Waals surface area contributed by atoms with Gasteiger partial charge in [0.25, 0.3) is 0 Å². The van der Waals surface area contributed by atoms with Gasteiger partial charge in [-0.25, -0.2) is 0 Å². The van der Waals surface area contributed by atoms with Gasteiger partial charge in [-0.15, -0.1) is 11.8 Å². The number of aliphatic hydroxyl groups is 1. The first kappa shape index (κ1) is 13.5. The van der Waals surface area contributed by atoms with E-state index in [0.717, 1.165) is 10.0 Å². The molecule has 0 aliphatic heterocycles. The van der Waals surface area contributed by atoms with Crippen LogP contribution in [-0.4, -0.2) is 16.1 Å². The first-order valence-corrected chi connectivity index (χ1v) is 6.56. The van der Waals surface area contributed by atoms with Crippen LogP contribution in [-0.2, 0) is 10.5 Å². The molecular formula is C11H14BrNO2S. The average molecular weight is 304 g/mol. The van der Waals surface area contributed by atoms with Crippen LogP contribution in [0.3, 0.4) is 0 Å². The highest BCUT2D eigenvalue weighted by Gasteiger charge is 2.21. The Hall–Kier alpha value is -0.520.